The van der Waals surface area contributed by atoms with Crippen LogP contribution >= 0.6 is 11.6 Å². The van der Waals surface area contributed by atoms with Crippen LogP contribution in [0.3, 0.4) is 0 Å². The third-order valence-electron chi connectivity index (χ3n) is 3.93. The molecule has 2 aromatic heterocycles. The summed E-state index contributed by atoms with van der Waals surface area (Å²) in [4.78, 5) is 29.4. The zero-order valence-electron chi connectivity index (χ0n) is 14.5. The second-order valence-electron chi connectivity index (χ2n) is 5.89. The van der Waals surface area contributed by atoms with Gasteiger partial charge in [0.2, 0.25) is 0 Å². The van der Waals surface area contributed by atoms with Crippen molar-refractivity contribution < 1.29 is 14.3 Å². The van der Waals surface area contributed by atoms with Crippen LogP contribution < -0.4 is 10.9 Å². The molecule has 0 aliphatic carbocycles. The average molecular weight is 403 g/mol. The van der Waals surface area contributed by atoms with E-state index in [2.05, 4.69) is 15.4 Å². The average Bonchev–Trinajstić information content (AvgIpc) is 2.73. The van der Waals surface area contributed by atoms with E-state index in [9.17, 15) is 14.0 Å². The third-order valence-corrected chi connectivity index (χ3v) is 4.18. The summed E-state index contributed by atoms with van der Waals surface area (Å²) in [6, 6.07) is 10.2. The SMILES string of the molecule is O=C(NC(CO)CF)c1cc(-c2ccc(Cl)cc2)nn(-c2cccnc2)c1=O. The van der Waals surface area contributed by atoms with Crippen molar-refractivity contribution in [2.75, 3.05) is 13.3 Å². The minimum absolute atomic E-state index is 0.240. The first-order chi connectivity index (χ1) is 13.5. The number of nitrogens with zero attached hydrogens (tertiary/aromatic N) is 3. The lowest BCUT2D eigenvalue weighted by Gasteiger charge is -2.14. The number of hydrogen-bond donors (Lipinski definition) is 2. The summed E-state index contributed by atoms with van der Waals surface area (Å²) in [5, 5.41) is 16.3. The maximum atomic E-state index is 12.9. The molecule has 9 heteroatoms. The van der Waals surface area contributed by atoms with Gasteiger partial charge in [-0.05, 0) is 30.3 Å². The summed E-state index contributed by atoms with van der Waals surface area (Å²) in [5.74, 6) is -0.808. The van der Waals surface area contributed by atoms with Gasteiger partial charge in [-0.3, -0.25) is 14.6 Å². The molecule has 3 rings (SSSR count). The highest BCUT2D eigenvalue weighted by Crippen LogP contribution is 2.20. The number of amides is 1. The first-order valence-electron chi connectivity index (χ1n) is 8.32. The Morgan fingerprint density at radius 3 is 2.64 bits per heavy atom. The Kier molecular flexibility index (Phi) is 6.13. The van der Waals surface area contributed by atoms with E-state index >= 15 is 0 Å². The van der Waals surface area contributed by atoms with Crippen LogP contribution in [-0.2, 0) is 0 Å². The number of aliphatic hydroxyl groups excluding tert-OH is 1. The Morgan fingerprint density at radius 2 is 2.04 bits per heavy atom. The zero-order chi connectivity index (χ0) is 20.1. The topological polar surface area (TPSA) is 97.1 Å². The van der Waals surface area contributed by atoms with Gasteiger partial charge in [0, 0.05) is 16.8 Å². The standard InChI is InChI=1S/C19H16ClFN4O3/c20-13-5-3-12(4-6-13)17-8-16(18(27)23-14(9-21)11-26)19(28)25(24-17)15-2-1-7-22-10-15/h1-8,10,14,26H,9,11H2,(H,23,27). The molecule has 0 aliphatic rings. The van der Waals surface area contributed by atoms with Crippen LogP contribution in [0.5, 0.6) is 0 Å². The molecule has 1 amide bonds. The van der Waals surface area contributed by atoms with Crippen LogP contribution in [0.1, 0.15) is 10.4 Å². The summed E-state index contributed by atoms with van der Waals surface area (Å²) in [7, 11) is 0. The van der Waals surface area contributed by atoms with Gasteiger partial charge in [0.15, 0.2) is 0 Å². The second-order valence-corrected chi connectivity index (χ2v) is 6.32. The van der Waals surface area contributed by atoms with E-state index in [0.29, 0.717) is 22.0 Å². The van der Waals surface area contributed by atoms with E-state index in [1.165, 1.54) is 18.5 Å². The fourth-order valence-corrected chi connectivity index (χ4v) is 2.60. The molecule has 0 radical (unpaired) electrons. The van der Waals surface area contributed by atoms with Crippen LogP contribution in [0.4, 0.5) is 4.39 Å². The highest BCUT2D eigenvalue weighted by molar-refractivity contribution is 6.30. The van der Waals surface area contributed by atoms with Crippen LogP contribution in [0.2, 0.25) is 5.02 Å². The highest BCUT2D eigenvalue weighted by atomic mass is 35.5. The van der Waals surface area contributed by atoms with E-state index in [1.54, 1.807) is 36.4 Å². The monoisotopic (exact) mass is 402 g/mol. The first kappa shape index (κ1) is 19.7. The maximum absolute atomic E-state index is 12.9. The van der Waals surface area contributed by atoms with Crippen LogP contribution in [-0.4, -0.2) is 45.1 Å². The Morgan fingerprint density at radius 1 is 1.29 bits per heavy atom. The van der Waals surface area contributed by atoms with E-state index in [-0.39, 0.29) is 5.56 Å². The molecule has 0 saturated heterocycles. The number of carbonyl (C=O) groups excluding carboxylic acids is 1. The highest BCUT2D eigenvalue weighted by Gasteiger charge is 2.20. The molecule has 0 fully saturated rings. The molecule has 144 valence electrons. The van der Waals surface area contributed by atoms with Crippen LogP contribution in [0, 0.1) is 0 Å². The second kappa shape index (κ2) is 8.73. The van der Waals surface area contributed by atoms with Crippen molar-refractivity contribution >= 4 is 17.5 Å². The van der Waals surface area contributed by atoms with Crippen molar-refractivity contribution in [3.05, 3.63) is 75.8 Å². The van der Waals surface area contributed by atoms with E-state index in [1.807, 2.05) is 0 Å². The number of nitrogens with one attached hydrogen (secondary N) is 1. The lowest BCUT2D eigenvalue weighted by molar-refractivity contribution is 0.0902. The minimum Gasteiger partial charge on any atom is -0.394 e. The van der Waals surface area contributed by atoms with Gasteiger partial charge in [0.05, 0.1) is 30.2 Å². The summed E-state index contributed by atoms with van der Waals surface area (Å²) >= 11 is 5.92. The molecule has 3 aromatic rings. The molecule has 2 N–H and O–H groups in total. The Bertz CT molecular complexity index is 1020. The Hall–Kier alpha value is -3.10. The van der Waals surface area contributed by atoms with E-state index in [0.717, 1.165) is 4.68 Å². The zero-order valence-corrected chi connectivity index (χ0v) is 15.3. The van der Waals surface area contributed by atoms with Crippen molar-refractivity contribution in [2.45, 2.75) is 6.04 Å². The van der Waals surface area contributed by atoms with Gasteiger partial charge in [0.25, 0.3) is 11.5 Å². The molecule has 1 unspecified atom stereocenters. The minimum atomic E-state index is -1.11. The van der Waals surface area contributed by atoms with Gasteiger partial charge in [-0.2, -0.15) is 9.78 Å². The fraction of sp³-hybridized carbons (Fsp3) is 0.158. The fourth-order valence-electron chi connectivity index (χ4n) is 2.47. The molecule has 0 spiro atoms. The van der Waals surface area contributed by atoms with Gasteiger partial charge >= 0.3 is 0 Å². The van der Waals surface area contributed by atoms with Gasteiger partial charge in [-0.25, -0.2) is 4.39 Å². The summed E-state index contributed by atoms with van der Waals surface area (Å²) in [6.07, 6.45) is 2.97. The molecular formula is C19H16ClFN4O3. The van der Waals surface area contributed by atoms with Crippen molar-refractivity contribution in [3.8, 4) is 16.9 Å². The molecule has 7 nitrogen and oxygen atoms in total. The number of aliphatic hydroxyl groups is 1. The summed E-state index contributed by atoms with van der Waals surface area (Å²) < 4.78 is 13.9. The van der Waals surface area contributed by atoms with Gasteiger partial charge in [-0.1, -0.05) is 23.7 Å². The number of aromatic nitrogens is 3. The number of benzene rings is 1. The number of hydrogen-bond acceptors (Lipinski definition) is 5. The molecule has 28 heavy (non-hydrogen) atoms. The number of pyridine rings is 1. The number of carbonyl (C=O) groups is 1. The van der Waals surface area contributed by atoms with Crippen LogP contribution in [0.15, 0.2) is 59.7 Å². The van der Waals surface area contributed by atoms with Gasteiger partial charge in [-0.15, -0.1) is 0 Å². The quantitative estimate of drug-likeness (QED) is 0.657. The Balaban J connectivity index is 2.15. The van der Waals surface area contributed by atoms with E-state index in [4.69, 9.17) is 16.7 Å². The first-order valence-corrected chi connectivity index (χ1v) is 8.69. The number of alkyl halides is 1. The number of halogens is 2. The normalized spacial score (nSPS) is 11.8. The van der Waals surface area contributed by atoms with Crippen molar-refractivity contribution in [1.82, 2.24) is 20.1 Å². The largest absolute Gasteiger partial charge is 0.394 e. The van der Waals surface area contributed by atoms with Crippen molar-refractivity contribution in [3.63, 3.8) is 0 Å². The molecule has 1 aromatic carbocycles. The molecule has 1 atom stereocenters. The molecule has 0 bridgehead atoms. The molecule has 2 heterocycles. The van der Waals surface area contributed by atoms with Crippen molar-refractivity contribution in [1.29, 1.82) is 0 Å². The predicted octanol–water partition coefficient (Wildman–Crippen LogP) is 2.01. The smallest absolute Gasteiger partial charge is 0.284 e. The van der Waals surface area contributed by atoms with E-state index < -0.39 is 30.8 Å². The number of rotatable bonds is 6. The molecule has 0 saturated carbocycles. The summed E-state index contributed by atoms with van der Waals surface area (Å²) in [5.41, 5.74) is 0.391. The predicted molar refractivity (Wildman–Crippen MR) is 102 cm³/mol. The summed E-state index contributed by atoms with van der Waals surface area (Å²) in [6.45, 7) is -1.55. The lowest BCUT2D eigenvalue weighted by Crippen LogP contribution is -2.42. The van der Waals surface area contributed by atoms with Crippen molar-refractivity contribution in [2.24, 2.45) is 0 Å². The lowest BCUT2D eigenvalue weighted by atomic mass is 10.1. The van der Waals surface area contributed by atoms with Gasteiger partial charge < -0.3 is 10.4 Å². The maximum Gasteiger partial charge on any atom is 0.284 e. The molecule has 0 aliphatic heterocycles. The Labute approximate surface area is 164 Å². The van der Waals surface area contributed by atoms with Crippen LogP contribution in [0.25, 0.3) is 16.9 Å². The molecular weight excluding hydrogens is 387 g/mol. The third kappa shape index (κ3) is 4.24. The van der Waals surface area contributed by atoms with Gasteiger partial charge in [0.1, 0.15) is 12.2 Å².